The SMILES string of the molecule is [2H]c1cc(N(c2ccc(-c3cccc4ccccc34)cc2)c2cccc(-c3cccc4oc5ccccc5c34)c2)cc2c1oc1ccccc12. The van der Waals surface area contributed by atoms with Crippen molar-refractivity contribution in [3.8, 4) is 22.3 Å². The molecule has 0 saturated heterocycles. The molecule has 0 unspecified atom stereocenters. The van der Waals surface area contributed by atoms with E-state index in [-0.39, 0.29) is 0 Å². The number of hydrogen-bond acceptors (Lipinski definition) is 3. The summed E-state index contributed by atoms with van der Waals surface area (Å²) in [6.45, 7) is 0. The zero-order valence-electron chi connectivity index (χ0n) is 27.4. The Kier molecular flexibility index (Phi) is 5.95. The van der Waals surface area contributed by atoms with Crippen molar-refractivity contribution in [1.82, 2.24) is 0 Å². The monoisotopic (exact) mass is 628 g/mol. The molecule has 0 spiro atoms. The standard InChI is InChI=1S/C46H29NO2/c1-2-14-36-30(10-1)11-8-17-37(36)31-22-24-33(25-23-31)47(35-26-27-44-41(29-35)39-15-3-5-19-42(39)48-44)34-13-7-12-32(28-34)38-18-9-21-45-46(38)40-16-4-6-20-43(40)49-45/h1-29H/i27D. The Labute approximate surface area is 284 Å². The summed E-state index contributed by atoms with van der Waals surface area (Å²) < 4.78 is 21.5. The van der Waals surface area contributed by atoms with Gasteiger partial charge in [0.25, 0.3) is 0 Å². The Morgan fingerprint density at radius 1 is 0.388 bits per heavy atom. The molecule has 2 aromatic heterocycles. The van der Waals surface area contributed by atoms with Crippen LogP contribution in [0.5, 0.6) is 0 Å². The van der Waals surface area contributed by atoms with Gasteiger partial charge in [-0.25, -0.2) is 0 Å². The molecule has 8 aromatic carbocycles. The number of anilines is 3. The second-order valence-electron chi connectivity index (χ2n) is 12.4. The highest BCUT2D eigenvalue weighted by Gasteiger charge is 2.18. The predicted molar refractivity (Wildman–Crippen MR) is 204 cm³/mol. The number of nitrogens with zero attached hydrogens (tertiary/aromatic N) is 1. The maximum Gasteiger partial charge on any atom is 0.136 e. The van der Waals surface area contributed by atoms with Gasteiger partial charge in [0.2, 0.25) is 0 Å². The van der Waals surface area contributed by atoms with Gasteiger partial charge in [0.15, 0.2) is 0 Å². The second-order valence-corrected chi connectivity index (χ2v) is 12.4. The molecule has 3 heteroatoms. The molecular weight excluding hydrogens is 599 g/mol. The molecule has 230 valence electrons. The first-order valence-corrected chi connectivity index (χ1v) is 16.5. The van der Waals surface area contributed by atoms with Gasteiger partial charge in [0.1, 0.15) is 22.3 Å². The van der Waals surface area contributed by atoms with Crippen LogP contribution in [0.15, 0.2) is 185 Å². The van der Waals surface area contributed by atoms with Gasteiger partial charge in [0, 0.05) is 38.6 Å². The van der Waals surface area contributed by atoms with Crippen LogP contribution in [0.25, 0.3) is 76.9 Å². The van der Waals surface area contributed by atoms with E-state index in [9.17, 15) is 0 Å². The molecule has 0 fully saturated rings. The van der Waals surface area contributed by atoms with Crippen LogP contribution in [0.3, 0.4) is 0 Å². The van der Waals surface area contributed by atoms with Gasteiger partial charge in [-0.1, -0.05) is 115 Å². The average molecular weight is 629 g/mol. The highest BCUT2D eigenvalue weighted by molar-refractivity contribution is 6.12. The summed E-state index contributed by atoms with van der Waals surface area (Å²) in [4.78, 5) is 2.24. The van der Waals surface area contributed by atoms with Gasteiger partial charge in [-0.05, 0) is 93.7 Å². The van der Waals surface area contributed by atoms with Crippen molar-refractivity contribution in [2.45, 2.75) is 0 Å². The largest absolute Gasteiger partial charge is 0.456 e. The Balaban J connectivity index is 1.17. The van der Waals surface area contributed by atoms with Crippen molar-refractivity contribution in [3.63, 3.8) is 0 Å². The summed E-state index contributed by atoms with van der Waals surface area (Å²) in [5.74, 6) is 0. The maximum absolute atomic E-state index is 9.07. The molecule has 0 amide bonds. The third-order valence-electron chi connectivity index (χ3n) is 9.58. The second kappa shape index (κ2) is 11.0. The van der Waals surface area contributed by atoms with Crippen LogP contribution in [0.2, 0.25) is 0 Å². The predicted octanol–water partition coefficient (Wildman–Crippen LogP) is 13.4. The molecule has 0 saturated carbocycles. The van der Waals surface area contributed by atoms with Gasteiger partial charge in [0.05, 0.1) is 1.37 Å². The van der Waals surface area contributed by atoms with E-state index in [0.717, 1.165) is 72.0 Å². The van der Waals surface area contributed by atoms with Crippen molar-refractivity contribution in [1.29, 1.82) is 0 Å². The fourth-order valence-electron chi connectivity index (χ4n) is 7.32. The van der Waals surface area contributed by atoms with Gasteiger partial charge < -0.3 is 13.7 Å². The summed E-state index contributed by atoms with van der Waals surface area (Å²) in [6, 6.07) is 59.2. The minimum atomic E-state index is 0.344. The Morgan fingerprint density at radius 3 is 1.90 bits per heavy atom. The lowest BCUT2D eigenvalue weighted by Gasteiger charge is -2.26. The number of fused-ring (bicyclic) bond motifs is 7. The summed E-state index contributed by atoms with van der Waals surface area (Å²) in [6.07, 6.45) is 0. The van der Waals surface area contributed by atoms with E-state index < -0.39 is 0 Å². The minimum Gasteiger partial charge on any atom is -0.456 e. The van der Waals surface area contributed by atoms with E-state index in [2.05, 4.69) is 132 Å². The first kappa shape index (κ1) is 26.5. The zero-order chi connectivity index (χ0) is 33.2. The summed E-state index contributed by atoms with van der Waals surface area (Å²) in [5, 5.41) is 6.56. The van der Waals surface area contributed by atoms with E-state index in [1.54, 1.807) is 0 Å². The Morgan fingerprint density at radius 2 is 1.02 bits per heavy atom. The Hall–Kier alpha value is -6.58. The number of hydrogen-bond donors (Lipinski definition) is 0. The molecule has 0 aliphatic carbocycles. The van der Waals surface area contributed by atoms with Crippen LogP contribution in [0.4, 0.5) is 17.1 Å². The van der Waals surface area contributed by atoms with Crippen molar-refractivity contribution >= 4 is 71.7 Å². The normalized spacial score (nSPS) is 12.0. The van der Waals surface area contributed by atoms with Crippen molar-refractivity contribution in [2.24, 2.45) is 0 Å². The minimum absolute atomic E-state index is 0.344. The van der Waals surface area contributed by atoms with Crippen LogP contribution < -0.4 is 4.90 Å². The van der Waals surface area contributed by atoms with Gasteiger partial charge in [-0.15, -0.1) is 0 Å². The number of benzene rings is 8. The van der Waals surface area contributed by atoms with Crippen molar-refractivity contribution < 1.29 is 10.2 Å². The number of furan rings is 2. The highest BCUT2D eigenvalue weighted by Crippen LogP contribution is 2.42. The fourth-order valence-corrected chi connectivity index (χ4v) is 7.32. The summed E-state index contributed by atoms with van der Waals surface area (Å²) in [5.41, 5.74) is 10.5. The zero-order valence-corrected chi connectivity index (χ0v) is 26.4. The van der Waals surface area contributed by atoms with Crippen LogP contribution in [-0.2, 0) is 0 Å². The van der Waals surface area contributed by atoms with Gasteiger partial charge >= 0.3 is 0 Å². The first-order valence-electron chi connectivity index (χ1n) is 17.0. The van der Waals surface area contributed by atoms with E-state index in [1.807, 2.05) is 42.5 Å². The third-order valence-corrected chi connectivity index (χ3v) is 9.58. The Bertz CT molecular complexity index is 2890. The molecule has 0 aliphatic heterocycles. The van der Waals surface area contributed by atoms with E-state index in [4.69, 9.17) is 10.2 Å². The molecule has 2 heterocycles. The van der Waals surface area contributed by atoms with Crippen LogP contribution in [0.1, 0.15) is 1.37 Å². The topological polar surface area (TPSA) is 29.5 Å². The van der Waals surface area contributed by atoms with E-state index in [0.29, 0.717) is 11.6 Å². The molecule has 3 nitrogen and oxygen atoms in total. The lowest BCUT2D eigenvalue weighted by molar-refractivity contribution is 0.668. The molecular formula is C46H29NO2. The molecule has 0 radical (unpaired) electrons. The molecule has 0 N–H and O–H groups in total. The number of para-hydroxylation sites is 2. The van der Waals surface area contributed by atoms with Crippen LogP contribution in [-0.4, -0.2) is 0 Å². The van der Waals surface area contributed by atoms with Crippen LogP contribution in [0, 0.1) is 0 Å². The van der Waals surface area contributed by atoms with E-state index >= 15 is 0 Å². The van der Waals surface area contributed by atoms with Crippen molar-refractivity contribution in [2.75, 3.05) is 4.90 Å². The molecule has 0 aliphatic rings. The molecule has 0 atom stereocenters. The third kappa shape index (κ3) is 4.51. The quantitative estimate of drug-likeness (QED) is 0.190. The number of rotatable bonds is 5. The molecule has 10 aromatic rings. The van der Waals surface area contributed by atoms with Crippen LogP contribution >= 0.6 is 0 Å². The summed E-state index contributed by atoms with van der Waals surface area (Å²) >= 11 is 0. The van der Waals surface area contributed by atoms with Gasteiger partial charge in [-0.3, -0.25) is 0 Å². The smallest absolute Gasteiger partial charge is 0.136 e. The highest BCUT2D eigenvalue weighted by atomic mass is 16.3. The fraction of sp³-hybridized carbons (Fsp3) is 0. The average Bonchev–Trinajstić information content (AvgIpc) is 3.74. The van der Waals surface area contributed by atoms with Gasteiger partial charge in [-0.2, -0.15) is 0 Å². The van der Waals surface area contributed by atoms with Crippen molar-refractivity contribution in [3.05, 3.63) is 176 Å². The molecule has 10 rings (SSSR count). The molecule has 49 heavy (non-hydrogen) atoms. The lowest BCUT2D eigenvalue weighted by Crippen LogP contribution is -2.10. The lowest BCUT2D eigenvalue weighted by atomic mass is 9.97. The van der Waals surface area contributed by atoms with E-state index in [1.165, 1.54) is 16.3 Å². The maximum atomic E-state index is 9.07. The molecule has 0 bridgehead atoms. The first-order chi connectivity index (χ1) is 24.7. The summed E-state index contributed by atoms with van der Waals surface area (Å²) in [7, 11) is 0.